The van der Waals surface area contributed by atoms with Gasteiger partial charge in [-0.25, -0.2) is 4.98 Å². The number of aryl methyl sites for hydroxylation is 2. The zero-order valence-electron chi connectivity index (χ0n) is 9.78. The molecule has 1 atom stereocenters. The molecule has 0 aliphatic heterocycles. The third kappa shape index (κ3) is 2.70. The van der Waals surface area contributed by atoms with E-state index in [4.69, 9.17) is 0 Å². The van der Waals surface area contributed by atoms with Gasteiger partial charge >= 0.3 is 0 Å². The molecule has 2 aromatic heterocycles. The molecule has 2 nitrogen and oxygen atoms in total. The molecule has 86 valence electrons. The van der Waals surface area contributed by atoms with Crippen LogP contribution in [0.25, 0.3) is 0 Å². The highest BCUT2D eigenvalue weighted by Gasteiger charge is 2.08. The van der Waals surface area contributed by atoms with E-state index in [9.17, 15) is 0 Å². The molecule has 2 heterocycles. The number of rotatable bonds is 4. The summed E-state index contributed by atoms with van der Waals surface area (Å²) in [5.74, 6) is 0. The van der Waals surface area contributed by atoms with E-state index in [0.717, 1.165) is 12.2 Å². The van der Waals surface area contributed by atoms with Crippen LogP contribution in [0.5, 0.6) is 0 Å². The van der Waals surface area contributed by atoms with Gasteiger partial charge in [-0.2, -0.15) is 0 Å². The summed E-state index contributed by atoms with van der Waals surface area (Å²) < 4.78 is 0. The molecule has 0 aromatic carbocycles. The molecule has 0 aliphatic rings. The topological polar surface area (TPSA) is 24.9 Å². The SMILES string of the molecule is Cc1nc(CNC(C)c2cccs2)sc1C. The summed E-state index contributed by atoms with van der Waals surface area (Å²) in [4.78, 5) is 7.22. The molecule has 0 amide bonds. The summed E-state index contributed by atoms with van der Waals surface area (Å²) in [7, 11) is 0. The normalized spacial score (nSPS) is 12.9. The first-order valence-electron chi connectivity index (χ1n) is 5.36. The Balaban J connectivity index is 1.92. The lowest BCUT2D eigenvalue weighted by Crippen LogP contribution is -2.16. The Hall–Kier alpha value is -0.710. The Morgan fingerprint density at radius 3 is 2.81 bits per heavy atom. The van der Waals surface area contributed by atoms with E-state index in [-0.39, 0.29) is 0 Å². The molecule has 0 radical (unpaired) electrons. The number of thiazole rings is 1. The van der Waals surface area contributed by atoms with E-state index in [0.29, 0.717) is 6.04 Å². The van der Waals surface area contributed by atoms with Gasteiger partial charge in [-0.3, -0.25) is 0 Å². The fourth-order valence-electron chi connectivity index (χ4n) is 1.49. The summed E-state index contributed by atoms with van der Waals surface area (Å²) in [5, 5.41) is 6.80. The van der Waals surface area contributed by atoms with E-state index >= 15 is 0 Å². The molecule has 2 rings (SSSR count). The summed E-state index contributed by atoms with van der Waals surface area (Å²) in [6.45, 7) is 7.24. The van der Waals surface area contributed by atoms with Crippen LogP contribution in [0.2, 0.25) is 0 Å². The number of nitrogens with zero attached hydrogens (tertiary/aromatic N) is 1. The fraction of sp³-hybridized carbons (Fsp3) is 0.417. The van der Waals surface area contributed by atoms with Crippen LogP contribution in [-0.2, 0) is 6.54 Å². The molecular weight excluding hydrogens is 236 g/mol. The van der Waals surface area contributed by atoms with Crippen LogP contribution in [0.15, 0.2) is 17.5 Å². The molecule has 0 aliphatic carbocycles. The van der Waals surface area contributed by atoms with Crippen molar-refractivity contribution in [1.29, 1.82) is 0 Å². The molecule has 4 heteroatoms. The van der Waals surface area contributed by atoms with Gasteiger partial charge in [0.25, 0.3) is 0 Å². The standard InChI is InChI=1S/C12H16N2S2/c1-8-10(3)16-12(14-8)7-13-9(2)11-5-4-6-15-11/h4-6,9,13H,7H2,1-3H3. The lowest BCUT2D eigenvalue weighted by Gasteiger charge is -2.10. The highest BCUT2D eigenvalue weighted by molar-refractivity contribution is 7.11. The molecule has 0 fully saturated rings. The van der Waals surface area contributed by atoms with Gasteiger partial charge in [0, 0.05) is 22.3 Å². The van der Waals surface area contributed by atoms with Crippen LogP contribution in [0.3, 0.4) is 0 Å². The van der Waals surface area contributed by atoms with Crippen molar-refractivity contribution < 1.29 is 0 Å². The monoisotopic (exact) mass is 252 g/mol. The van der Waals surface area contributed by atoms with Crippen molar-refractivity contribution in [3.8, 4) is 0 Å². The Labute approximate surface area is 104 Å². The molecule has 2 aromatic rings. The van der Waals surface area contributed by atoms with E-state index < -0.39 is 0 Å². The third-order valence-electron chi connectivity index (χ3n) is 2.60. The average Bonchev–Trinajstić information content (AvgIpc) is 2.86. The highest BCUT2D eigenvalue weighted by atomic mass is 32.1. The van der Waals surface area contributed by atoms with Gasteiger partial charge in [0.2, 0.25) is 0 Å². The predicted molar refractivity (Wildman–Crippen MR) is 71.2 cm³/mol. The molecule has 0 bridgehead atoms. The predicted octanol–water partition coefficient (Wildman–Crippen LogP) is 3.67. The van der Waals surface area contributed by atoms with Gasteiger partial charge < -0.3 is 5.32 Å². The molecule has 16 heavy (non-hydrogen) atoms. The molecule has 0 saturated heterocycles. The maximum atomic E-state index is 4.52. The van der Waals surface area contributed by atoms with Crippen LogP contribution < -0.4 is 5.32 Å². The van der Waals surface area contributed by atoms with Crippen molar-refractivity contribution in [3.63, 3.8) is 0 Å². The maximum Gasteiger partial charge on any atom is 0.107 e. The number of hydrogen-bond donors (Lipinski definition) is 1. The third-order valence-corrected chi connectivity index (χ3v) is 4.73. The molecule has 1 unspecified atom stereocenters. The van der Waals surface area contributed by atoms with Crippen molar-refractivity contribution in [2.45, 2.75) is 33.4 Å². The average molecular weight is 252 g/mol. The zero-order chi connectivity index (χ0) is 11.5. The molecular formula is C12H16N2S2. The summed E-state index contributed by atoms with van der Waals surface area (Å²) in [6.07, 6.45) is 0. The smallest absolute Gasteiger partial charge is 0.107 e. The van der Waals surface area contributed by atoms with Crippen molar-refractivity contribution in [2.75, 3.05) is 0 Å². The number of hydrogen-bond acceptors (Lipinski definition) is 4. The van der Waals surface area contributed by atoms with Gasteiger partial charge in [0.05, 0.1) is 5.69 Å². The van der Waals surface area contributed by atoms with E-state index in [1.165, 1.54) is 14.8 Å². The summed E-state index contributed by atoms with van der Waals surface area (Å²) in [6, 6.07) is 4.67. The first kappa shape index (κ1) is 11.8. The second-order valence-corrected chi connectivity index (χ2v) is 6.13. The van der Waals surface area contributed by atoms with Crippen LogP contribution in [0, 0.1) is 13.8 Å². The molecule has 1 N–H and O–H groups in total. The van der Waals surface area contributed by atoms with Crippen LogP contribution >= 0.6 is 22.7 Å². The zero-order valence-corrected chi connectivity index (χ0v) is 11.4. The largest absolute Gasteiger partial charge is 0.303 e. The second kappa shape index (κ2) is 5.08. The fourth-order valence-corrected chi connectivity index (χ4v) is 3.14. The van der Waals surface area contributed by atoms with E-state index in [1.807, 2.05) is 0 Å². The van der Waals surface area contributed by atoms with E-state index in [1.54, 1.807) is 22.7 Å². The Kier molecular flexibility index (Phi) is 3.74. The van der Waals surface area contributed by atoms with Gasteiger partial charge in [0.15, 0.2) is 0 Å². The number of aromatic nitrogens is 1. The lowest BCUT2D eigenvalue weighted by atomic mass is 10.3. The molecule has 0 spiro atoms. The Morgan fingerprint density at radius 1 is 1.44 bits per heavy atom. The van der Waals surface area contributed by atoms with E-state index in [2.05, 4.69) is 48.6 Å². The van der Waals surface area contributed by atoms with Crippen molar-refractivity contribution in [3.05, 3.63) is 38.0 Å². The first-order chi connectivity index (χ1) is 7.66. The van der Waals surface area contributed by atoms with Gasteiger partial charge in [-0.1, -0.05) is 6.07 Å². The van der Waals surface area contributed by atoms with Crippen LogP contribution in [-0.4, -0.2) is 4.98 Å². The van der Waals surface area contributed by atoms with Crippen LogP contribution in [0.4, 0.5) is 0 Å². The van der Waals surface area contributed by atoms with Gasteiger partial charge in [-0.15, -0.1) is 22.7 Å². The lowest BCUT2D eigenvalue weighted by molar-refractivity contribution is 0.581. The minimum Gasteiger partial charge on any atom is -0.303 e. The minimum absolute atomic E-state index is 0.407. The van der Waals surface area contributed by atoms with Gasteiger partial charge in [0.1, 0.15) is 5.01 Å². The van der Waals surface area contributed by atoms with Gasteiger partial charge in [-0.05, 0) is 32.2 Å². The molecule has 0 saturated carbocycles. The summed E-state index contributed by atoms with van der Waals surface area (Å²) in [5.41, 5.74) is 1.16. The van der Waals surface area contributed by atoms with Crippen molar-refractivity contribution in [1.82, 2.24) is 10.3 Å². The minimum atomic E-state index is 0.407. The van der Waals surface area contributed by atoms with Crippen molar-refractivity contribution in [2.24, 2.45) is 0 Å². The van der Waals surface area contributed by atoms with Crippen LogP contribution in [0.1, 0.15) is 33.4 Å². The summed E-state index contributed by atoms with van der Waals surface area (Å²) >= 11 is 3.58. The Bertz CT molecular complexity index is 426. The number of thiophene rings is 1. The quantitative estimate of drug-likeness (QED) is 0.898. The highest BCUT2D eigenvalue weighted by Crippen LogP contribution is 2.20. The number of nitrogens with one attached hydrogen (secondary N) is 1. The Morgan fingerprint density at radius 2 is 2.25 bits per heavy atom. The van der Waals surface area contributed by atoms with Crippen molar-refractivity contribution >= 4 is 22.7 Å². The first-order valence-corrected chi connectivity index (χ1v) is 7.06. The maximum absolute atomic E-state index is 4.52. The second-order valence-electron chi connectivity index (χ2n) is 3.87.